The molecule has 0 aromatic heterocycles. The van der Waals surface area contributed by atoms with E-state index in [0.717, 1.165) is 65.5 Å². The maximum absolute atomic E-state index is 12.7. The Balaban J connectivity index is 0.000000239. The van der Waals surface area contributed by atoms with Crippen molar-refractivity contribution in [3.8, 4) is 0 Å². The van der Waals surface area contributed by atoms with Gasteiger partial charge in [-0.1, -0.05) is 112 Å². The number of anilines is 1. The van der Waals surface area contributed by atoms with Crippen LogP contribution in [0.4, 0.5) is 15.3 Å². The van der Waals surface area contributed by atoms with Gasteiger partial charge in [-0.2, -0.15) is 0 Å². The molecule has 5 rings (SSSR count). The van der Waals surface area contributed by atoms with Crippen molar-refractivity contribution in [1.29, 1.82) is 0 Å². The third-order valence-corrected chi connectivity index (χ3v) is 8.67. The summed E-state index contributed by atoms with van der Waals surface area (Å²) >= 11 is 1.15. The molecule has 4 N–H and O–H groups in total. The lowest BCUT2D eigenvalue weighted by molar-refractivity contribution is -0.136. The number of alkyl carbamates (subject to hydrolysis) is 2. The van der Waals surface area contributed by atoms with Gasteiger partial charge in [-0.05, 0) is 30.0 Å². The van der Waals surface area contributed by atoms with Gasteiger partial charge in [0.15, 0.2) is 5.37 Å². The van der Waals surface area contributed by atoms with Gasteiger partial charge >= 0.3 is 18.2 Å². The Hall–Kier alpha value is -4.84. The number of carboxylic acid groups (broad SMARTS) is 1. The van der Waals surface area contributed by atoms with Crippen molar-refractivity contribution in [2.24, 2.45) is 10.9 Å². The minimum absolute atomic E-state index is 0.0931. The number of aliphatic imine (C=N–C) groups is 1. The molecule has 1 fully saturated rings. The molecule has 254 valence electrons. The Labute approximate surface area is 284 Å². The summed E-state index contributed by atoms with van der Waals surface area (Å²) < 4.78 is 10.2. The molecule has 0 unspecified atom stereocenters. The van der Waals surface area contributed by atoms with E-state index in [1.165, 1.54) is 6.42 Å². The Kier molecular flexibility index (Phi) is 13.9. The van der Waals surface area contributed by atoms with Crippen LogP contribution < -0.4 is 16.0 Å². The number of hydrogen-bond donors (Lipinski definition) is 4. The Morgan fingerprint density at radius 3 is 2.00 bits per heavy atom. The van der Waals surface area contributed by atoms with E-state index in [0.29, 0.717) is 5.92 Å². The van der Waals surface area contributed by atoms with Gasteiger partial charge in [-0.3, -0.25) is 20.4 Å². The zero-order valence-electron chi connectivity index (χ0n) is 27.1. The number of para-hydroxylation sites is 1. The van der Waals surface area contributed by atoms with Crippen LogP contribution in [-0.2, 0) is 32.3 Å². The van der Waals surface area contributed by atoms with E-state index in [-0.39, 0.29) is 24.4 Å². The SMILES string of the molecule is CC(C)S[C@H](NC(=O)OCc1ccccc1)C(=O)O.O=C(N[C@@H]1N=C(C2CCCCC2)c2ccccc2NC1=O)OCc1ccccc1. The first-order valence-corrected chi connectivity index (χ1v) is 16.9. The second-order valence-electron chi connectivity index (χ2n) is 11.6. The van der Waals surface area contributed by atoms with Gasteiger partial charge in [0.05, 0.1) is 5.71 Å². The normalized spacial score (nSPS) is 16.4. The molecule has 1 saturated carbocycles. The smallest absolute Gasteiger partial charge is 0.409 e. The van der Waals surface area contributed by atoms with E-state index in [1.54, 1.807) is 0 Å². The fourth-order valence-electron chi connectivity index (χ4n) is 5.26. The number of fused-ring (bicyclic) bond motifs is 1. The quantitative estimate of drug-likeness (QED) is 0.173. The molecule has 0 saturated heterocycles. The number of thioether (sulfide) groups is 1. The molecule has 0 spiro atoms. The van der Waals surface area contributed by atoms with Crippen LogP contribution in [0.2, 0.25) is 0 Å². The number of nitrogens with zero attached hydrogens (tertiary/aromatic N) is 1. The molecule has 11 nitrogen and oxygen atoms in total. The van der Waals surface area contributed by atoms with Crippen LogP contribution in [0.3, 0.4) is 0 Å². The van der Waals surface area contributed by atoms with Crippen molar-refractivity contribution in [3.05, 3.63) is 102 Å². The summed E-state index contributed by atoms with van der Waals surface area (Å²) in [5, 5.41) is 15.9. The number of amides is 3. The maximum Gasteiger partial charge on any atom is 0.409 e. The Morgan fingerprint density at radius 2 is 1.42 bits per heavy atom. The molecule has 3 amide bonds. The summed E-state index contributed by atoms with van der Waals surface area (Å²) in [4.78, 5) is 52.2. The van der Waals surface area contributed by atoms with E-state index >= 15 is 0 Å². The fourth-order valence-corrected chi connectivity index (χ4v) is 6.08. The lowest BCUT2D eigenvalue weighted by atomic mass is 9.83. The third-order valence-electron chi connectivity index (χ3n) is 7.53. The molecule has 0 bridgehead atoms. The van der Waals surface area contributed by atoms with Crippen molar-refractivity contribution in [2.75, 3.05) is 5.32 Å². The number of ether oxygens (including phenoxy) is 2. The number of nitrogens with one attached hydrogen (secondary N) is 3. The number of hydrogen-bond acceptors (Lipinski definition) is 8. The minimum atomic E-state index is -1.09. The van der Waals surface area contributed by atoms with Gasteiger partial charge < -0.3 is 19.9 Å². The standard InChI is InChI=1S/C23H25N3O3.C13H17NO4S/c27-22-21(26-23(28)29-15-16-9-3-1-4-10-16)25-20(17-11-5-2-6-12-17)18-13-7-8-14-19(18)24-22;1-9(2)19-11(12(15)16)14-13(17)18-8-10-6-4-3-5-7-10/h1,3-4,7-10,13-14,17,21H,2,5-6,11-12,15H2,(H,24,27)(H,26,28);3-7,9,11H,8H2,1-2H3,(H,14,17)(H,15,16)/t21-;11-/m00/s1. The highest BCUT2D eigenvalue weighted by Gasteiger charge is 2.31. The molecule has 1 heterocycles. The summed E-state index contributed by atoms with van der Waals surface area (Å²) in [5.41, 5.74) is 4.30. The minimum Gasteiger partial charge on any atom is -0.479 e. The zero-order chi connectivity index (χ0) is 34.3. The first-order chi connectivity index (χ1) is 23.2. The molecule has 2 aliphatic rings. The van der Waals surface area contributed by atoms with Crippen LogP contribution in [0.15, 0.2) is 89.9 Å². The molecule has 3 aromatic carbocycles. The first kappa shape index (κ1) is 36.0. The number of carbonyl (C=O) groups excluding carboxylic acids is 3. The highest BCUT2D eigenvalue weighted by molar-refractivity contribution is 8.01. The highest BCUT2D eigenvalue weighted by atomic mass is 32.2. The monoisotopic (exact) mass is 674 g/mol. The largest absolute Gasteiger partial charge is 0.479 e. The highest BCUT2D eigenvalue weighted by Crippen LogP contribution is 2.31. The average molecular weight is 675 g/mol. The van der Waals surface area contributed by atoms with E-state index < -0.39 is 29.7 Å². The number of aliphatic carboxylic acids is 1. The molecule has 1 aliphatic heterocycles. The van der Waals surface area contributed by atoms with Crippen molar-refractivity contribution in [1.82, 2.24) is 10.6 Å². The molecule has 1 aliphatic carbocycles. The summed E-state index contributed by atoms with van der Waals surface area (Å²) in [6.45, 7) is 3.97. The van der Waals surface area contributed by atoms with Crippen LogP contribution in [0.1, 0.15) is 62.6 Å². The fraction of sp³-hybridized carbons (Fsp3) is 0.361. The Morgan fingerprint density at radius 1 is 0.854 bits per heavy atom. The summed E-state index contributed by atoms with van der Waals surface area (Å²) in [6, 6.07) is 26.3. The van der Waals surface area contributed by atoms with Crippen LogP contribution in [-0.4, -0.2) is 51.7 Å². The average Bonchev–Trinajstić information content (AvgIpc) is 3.23. The van der Waals surface area contributed by atoms with E-state index in [2.05, 4.69) is 16.0 Å². The molecular formula is C36H42N4O7S. The van der Waals surface area contributed by atoms with Crippen molar-refractivity contribution < 1.29 is 33.8 Å². The third kappa shape index (κ3) is 11.4. The van der Waals surface area contributed by atoms with E-state index in [4.69, 9.17) is 19.6 Å². The lowest BCUT2D eigenvalue weighted by Gasteiger charge is -2.24. The second kappa shape index (κ2) is 18.5. The molecule has 3 aromatic rings. The summed E-state index contributed by atoms with van der Waals surface area (Å²) in [6.07, 6.45) is 3.24. The second-order valence-corrected chi connectivity index (χ2v) is 13.3. The predicted molar refractivity (Wildman–Crippen MR) is 186 cm³/mol. The molecule has 12 heteroatoms. The van der Waals surface area contributed by atoms with Crippen molar-refractivity contribution in [3.63, 3.8) is 0 Å². The zero-order valence-corrected chi connectivity index (χ0v) is 27.9. The van der Waals surface area contributed by atoms with Crippen molar-refractivity contribution >= 4 is 47.2 Å². The van der Waals surface area contributed by atoms with Crippen molar-refractivity contribution in [2.45, 2.75) is 76.0 Å². The van der Waals surface area contributed by atoms with Gasteiger partial charge in [0.2, 0.25) is 6.17 Å². The molecular weight excluding hydrogens is 632 g/mol. The molecule has 48 heavy (non-hydrogen) atoms. The number of carbonyl (C=O) groups is 4. The van der Waals surface area contributed by atoms with Crippen LogP contribution in [0.5, 0.6) is 0 Å². The Bertz CT molecular complexity index is 1550. The number of carboxylic acids is 1. The molecule has 2 atom stereocenters. The van der Waals surface area contributed by atoms with Crippen LogP contribution in [0.25, 0.3) is 0 Å². The lowest BCUT2D eigenvalue weighted by Crippen LogP contribution is -2.42. The van der Waals surface area contributed by atoms with Gasteiger partial charge in [0, 0.05) is 22.4 Å². The van der Waals surface area contributed by atoms with Crippen LogP contribution in [0, 0.1) is 5.92 Å². The topological polar surface area (TPSA) is 155 Å². The first-order valence-electron chi connectivity index (χ1n) is 16.0. The van der Waals surface area contributed by atoms with Gasteiger partial charge in [0.1, 0.15) is 13.2 Å². The summed E-state index contributed by atoms with van der Waals surface area (Å²) in [7, 11) is 0. The summed E-state index contributed by atoms with van der Waals surface area (Å²) in [5.74, 6) is -1.16. The van der Waals surface area contributed by atoms with E-state index in [9.17, 15) is 19.2 Å². The van der Waals surface area contributed by atoms with Gasteiger partial charge in [0.25, 0.3) is 5.91 Å². The number of benzene rings is 3. The number of rotatable bonds is 10. The van der Waals surface area contributed by atoms with Crippen LogP contribution >= 0.6 is 11.8 Å². The molecule has 0 radical (unpaired) electrons. The van der Waals surface area contributed by atoms with E-state index in [1.807, 2.05) is 98.8 Å². The van der Waals surface area contributed by atoms with Gasteiger partial charge in [-0.25, -0.2) is 14.4 Å². The van der Waals surface area contributed by atoms with Gasteiger partial charge in [-0.15, -0.1) is 11.8 Å². The predicted octanol–water partition coefficient (Wildman–Crippen LogP) is 6.73. The maximum atomic E-state index is 12.7. The number of benzodiazepines with no additional fused rings is 1.